The van der Waals surface area contributed by atoms with Crippen LogP contribution >= 0.6 is 0 Å². The minimum absolute atomic E-state index is 0.0488. The van der Waals surface area contributed by atoms with Gasteiger partial charge in [-0.05, 0) is 56.0 Å². The smallest absolute Gasteiger partial charge is 0.126 e. The molecule has 1 aliphatic carbocycles. The van der Waals surface area contributed by atoms with Gasteiger partial charge < -0.3 is 5.73 Å². The average Bonchev–Trinajstić information content (AvgIpc) is 2.80. The molecule has 2 N–H and O–H groups in total. The number of nitrogens with two attached hydrogens (primary N) is 1. The van der Waals surface area contributed by atoms with Gasteiger partial charge in [0.15, 0.2) is 0 Å². The summed E-state index contributed by atoms with van der Waals surface area (Å²) < 4.78 is 13.7. The van der Waals surface area contributed by atoms with Crippen LogP contribution in [0.3, 0.4) is 0 Å². The molecule has 106 valence electrons. The maximum absolute atomic E-state index is 13.7. The Morgan fingerprint density at radius 3 is 2.84 bits per heavy atom. The summed E-state index contributed by atoms with van der Waals surface area (Å²) in [5, 5.41) is 0. The molecule has 0 amide bonds. The quantitative estimate of drug-likeness (QED) is 0.885. The van der Waals surface area contributed by atoms with Crippen LogP contribution in [0.4, 0.5) is 4.39 Å². The molecule has 0 aromatic heterocycles. The van der Waals surface area contributed by atoms with Crippen molar-refractivity contribution >= 4 is 0 Å². The molecule has 0 radical (unpaired) electrons. The first kappa shape index (κ1) is 14.5. The third kappa shape index (κ3) is 3.15. The molecule has 2 atom stereocenters. The van der Waals surface area contributed by atoms with Crippen LogP contribution in [0.25, 0.3) is 0 Å². The topological polar surface area (TPSA) is 29.3 Å². The van der Waals surface area contributed by atoms with Crippen molar-refractivity contribution < 1.29 is 4.39 Å². The fourth-order valence-electron chi connectivity index (χ4n) is 2.89. The zero-order valence-electron chi connectivity index (χ0n) is 12.2. The van der Waals surface area contributed by atoms with E-state index >= 15 is 0 Å². The van der Waals surface area contributed by atoms with Crippen molar-refractivity contribution in [2.45, 2.75) is 45.2 Å². The van der Waals surface area contributed by atoms with E-state index in [1.807, 2.05) is 6.07 Å². The number of nitrogens with zero attached hydrogens (tertiary/aromatic N) is 1. The summed E-state index contributed by atoms with van der Waals surface area (Å²) in [6, 6.07) is 6.05. The lowest BCUT2D eigenvalue weighted by atomic mass is 10.0. The van der Waals surface area contributed by atoms with Crippen molar-refractivity contribution in [1.29, 1.82) is 0 Å². The molecule has 2 nitrogen and oxygen atoms in total. The Morgan fingerprint density at radius 1 is 1.42 bits per heavy atom. The molecule has 19 heavy (non-hydrogen) atoms. The van der Waals surface area contributed by atoms with Gasteiger partial charge in [0.2, 0.25) is 0 Å². The van der Waals surface area contributed by atoms with Crippen LogP contribution in [0.5, 0.6) is 0 Å². The molecule has 1 aromatic rings. The van der Waals surface area contributed by atoms with Crippen LogP contribution in [0, 0.1) is 11.7 Å². The van der Waals surface area contributed by atoms with Crippen molar-refractivity contribution in [1.82, 2.24) is 4.90 Å². The van der Waals surface area contributed by atoms with Crippen molar-refractivity contribution in [3.8, 4) is 0 Å². The largest absolute Gasteiger partial charge is 0.327 e. The van der Waals surface area contributed by atoms with Crippen molar-refractivity contribution in [3.05, 3.63) is 35.1 Å². The van der Waals surface area contributed by atoms with E-state index in [4.69, 9.17) is 5.73 Å². The lowest BCUT2D eigenvalue weighted by molar-refractivity contribution is 0.228. The second-order valence-electron chi connectivity index (χ2n) is 6.04. The summed E-state index contributed by atoms with van der Waals surface area (Å²) in [6.45, 7) is 5.29. The molecule has 0 saturated heterocycles. The van der Waals surface area contributed by atoms with Crippen LogP contribution in [0.15, 0.2) is 18.2 Å². The molecular formula is C16H25FN2. The molecule has 0 fully saturated rings. The van der Waals surface area contributed by atoms with Gasteiger partial charge in [0.25, 0.3) is 0 Å². The Kier molecular flexibility index (Phi) is 4.58. The fraction of sp³-hybridized carbons (Fsp3) is 0.625. The van der Waals surface area contributed by atoms with Gasteiger partial charge in [-0.15, -0.1) is 0 Å². The number of hydrogen-bond donors (Lipinski definition) is 1. The highest BCUT2D eigenvalue weighted by Crippen LogP contribution is 2.36. The van der Waals surface area contributed by atoms with Gasteiger partial charge in [-0.1, -0.05) is 26.0 Å². The van der Waals surface area contributed by atoms with E-state index < -0.39 is 0 Å². The van der Waals surface area contributed by atoms with E-state index in [-0.39, 0.29) is 11.9 Å². The molecule has 0 aliphatic heterocycles. The zero-order chi connectivity index (χ0) is 14.0. The maximum Gasteiger partial charge on any atom is 0.126 e. The number of hydrogen-bond acceptors (Lipinski definition) is 2. The van der Waals surface area contributed by atoms with Gasteiger partial charge in [0.1, 0.15) is 5.82 Å². The average molecular weight is 264 g/mol. The SMILES string of the molecule is CC(C)C(N)CCN(C)C1CCc2c(F)cccc21. The summed E-state index contributed by atoms with van der Waals surface area (Å²) in [5.74, 6) is 0.467. The molecule has 0 heterocycles. The molecule has 0 spiro atoms. The van der Waals surface area contributed by atoms with Crippen LogP contribution in [0.2, 0.25) is 0 Å². The lowest BCUT2D eigenvalue weighted by Crippen LogP contribution is -2.33. The lowest BCUT2D eigenvalue weighted by Gasteiger charge is -2.27. The van der Waals surface area contributed by atoms with Crippen LogP contribution in [-0.2, 0) is 6.42 Å². The number of halogens is 1. The molecule has 0 bridgehead atoms. The first-order chi connectivity index (χ1) is 9.00. The molecule has 1 aromatic carbocycles. The number of benzene rings is 1. The summed E-state index contributed by atoms with van der Waals surface area (Å²) in [7, 11) is 2.12. The minimum atomic E-state index is -0.0488. The molecule has 2 unspecified atom stereocenters. The van der Waals surface area contributed by atoms with Crippen LogP contribution < -0.4 is 5.73 Å². The van der Waals surface area contributed by atoms with Crippen molar-refractivity contribution in [2.24, 2.45) is 11.7 Å². The molecule has 1 aliphatic rings. The van der Waals surface area contributed by atoms with Crippen LogP contribution in [0.1, 0.15) is 43.9 Å². The molecule has 2 rings (SSSR count). The van der Waals surface area contributed by atoms with Gasteiger partial charge in [-0.25, -0.2) is 4.39 Å². The Bertz CT molecular complexity index is 431. The van der Waals surface area contributed by atoms with Gasteiger partial charge in [-0.3, -0.25) is 4.90 Å². The molecule has 3 heteroatoms. The Hall–Kier alpha value is -0.930. The molecule has 0 saturated carbocycles. The summed E-state index contributed by atoms with van der Waals surface area (Å²) >= 11 is 0. The monoisotopic (exact) mass is 264 g/mol. The van der Waals surface area contributed by atoms with E-state index in [2.05, 4.69) is 31.9 Å². The minimum Gasteiger partial charge on any atom is -0.327 e. The van der Waals surface area contributed by atoms with E-state index in [9.17, 15) is 4.39 Å². The normalized spacial score (nSPS) is 20.1. The first-order valence-corrected chi connectivity index (χ1v) is 7.23. The second kappa shape index (κ2) is 6.02. The summed E-state index contributed by atoms with van der Waals surface area (Å²) in [6.07, 6.45) is 2.87. The van der Waals surface area contributed by atoms with Gasteiger partial charge >= 0.3 is 0 Å². The standard InChI is InChI=1S/C16H25FN2/c1-11(2)15(18)9-10-19(3)16-8-7-12-13(16)5-4-6-14(12)17/h4-6,11,15-16H,7-10,18H2,1-3H3. The highest BCUT2D eigenvalue weighted by Gasteiger charge is 2.27. The highest BCUT2D eigenvalue weighted by atomic mass is 19.1. The number of rotatable bonds is 5. The van der Waals surface area contributed by atoms with Crippen LogP contribution in [-0.4, -0.2) is 24.5 Å². The second-order valence-corrected chi connectivity index (χ2v) is 6.04. The van der Waals surface area contributed by atoms with Crippen molar-refractivity contribution in [3.63, 3.8) is 0 Å². The van der Waals surface area contributed by atoms with E-state index in [1.165, 1.54) is 5.56 Å². The zero-order valence-corrected chi connectivity index (χ0v) is 12.2. The summed E-state index contributed by atoms with van der Waals surface area (Å²) in [4.78, 5) is 2.33. The maximum atomic E-state index is 13.7. The number of fused-ring (bicyclic) bond motifs is 1. The Balaban J connectivity index is 1.99. The van der Waals surface area contributed by atoms with Crippen molar-refractivity contribution in [2.75, 3.05) is 13.6 Å². The van der Waals surface area contributed by atoms with Gasteiger partial charge in [0.05, 0.1) is 0 Å². The van der Waals surface area contributed by atoms with E-state index in [0.29, 0.717) is 12.0 Å². The Labute approximate surface area is 115 Å². The fourth-order valence-corrected chi connectivity index (χ4v) is 2.89. The Morgan fingerprint density at radius 2 is 2.16 bits per heavy atom. The molecular weight excluding hydrogens is 239 g/mol. The van der Waals surface area contributed by atoms with Gasteiger partial charge in [0, 0.05) is 12.1 Å². The third-order valence-electron chi connectivity index (χ3n) is 4.39. The van der Waals surface area contributed by atoms with Gasteiger partial charge in [-0.2, -0.15) is 0 Å². The van der Waals surface area contributed by atoms with E-state index in [1.54, 1.807) is 6.07 Å². The highest BCUT2D eigenvalue weighted by molar-refractivity contribution is 5.35. The predicted octanol–water partition coefficient (Wildman–Crippen LogP) is 3.12. The van der Waals surface area contributed by atoms with E-state index in [0.717, 1.165) is 31.4 Å². The first-order valence-electron chi connectivity index (χ1n) is 7.23. The summed E-state index contributed by atoms with van der Waals surface area (Å²) in [5.41, 5.74) is 8.17. The predicted molar refractivity (Wildman–Crippen MR) is 77.5 cm³/mol. The third-order valence-corrected chi connectivity index (χ3v) is 4.39.